The summed E-state index contributed by atoms with van der Waals surface area (Å²) < 4.78 is 13.2. The number of hydrogen-bond donors (Lipinski definition) is 1. The SMILES string of the molecule is CC1CC(C)CN(C(=O)CN2C(=O)NC(C)(c3ccc(F)cc3)C2=O)C1. The molecule has 4 amide bonds. The van der Waals surface area contributed by atoms with Gasteiger partial charge in [-0.15, -0.1) is 0 Å². The molecule has 3 rings (SSSR count). The van der Waals surface area contributed by atoms with E-state index in [2.05, 4.69) is 19.2 Å². The maximum Gasteiger partial charge on any atom is 0.325 e. The lowest BCUT2D eigenvalue weighted by atomic mass is 9.91. The van der Waals surface area contributed by atoms with Crippen LogP contribution in [0.2, 0.25) is 0 Å². The van der Waals surface area contributed by atoms with Crippen molar-refractivity contribution in [2.24, 2.45) is 11.8 Å². The fourth-order valence-corrected chi connectivity index (χ4v) is 3.92. The van der Waals surface area contributed by atoms with Gasteiger partial charge in [-0.3, -0.25) is 14.5 Å². The Bertz CT molecular complexity index is 726. The van der Waals surface area contributed by atoms with Gasteiger partial charge in [0.05, 0.1) is 0 Å². The minimum atomic E-state index is -1.30. The van der Waals surface area contributed by atoms with Crippen LogP contribution in [-0.2, 0) is 15.1 Å². The number of benzene rings is 1. The van der Waals surface area contributed by atoms with Crippen LogP contribution in [0.4, 0.5) is 9.18 Å². The number of nitrogens with one attached hydrogen (secondary N) is 1. The van der Waals surface area contributed by atoms with E-state index in [0.29, 0.717) is 30.5 Å². The van der Waals surface area contributed by atoms with Crippen molar-refractivity contribution < 1.29 is 18.8 Å². The lowest BCUT2D eigenvalue weighted by Crippen LogP contribution is -2.48. The Balaban J connectivity index is 1.75. The third kappa shape index (κ3) is 3.30. The summed E-state index contributed by atoms with van der Waals surface area (Å²) in [7, 11) is 0. The zero-order chi connectivity index (χ0) is 19.1. The Hall–Kier alpha value is -2.44. The number of piperidine rings is 1. The predicted molar refractivity (Wildman–Crippen MR) is 93.5 cm³/mol. The highest BCUT2D eigenvalue weighted by molar-refractivity contribution is 6.09. The highest BCUT2D eigenvalue weighted by Crippen LogP contribution is 2.29. The Morgan fingerprint density at radius 1 is 1.19 bits per heavy atom. The maximum atomic E-state index is 13.2. The minimum Gasteiger partial charge on any atom is -0.341 e. The number of nitrogens with zero attached hydrogens (tertiary/aromatic N) is 2. The summed E-state index contributed by atoms with van der Waals surface area (Å²) in [6.45, 7) is 6.76. The molecule has 3 atom stereocenters. The van der Waals surface area contributed by atoms with Crippen molar-refractivity contribution in [1.82, 2.24) is 15.1 Å². The van der Waals surface area contributed by atoms with Gasteiger partial charge >= 0.3 is 6.03 Å². The van der Waals surface area contributed by atoms with Gasteiger partial charge in [0, 0.05) is 13.1 Å². The topological polar surface area (TPSA) is 69.7 Å². The van der Waals surface area contributed by atoms with Gasteiger partial charge in [-0.2, -0.15) is 0 Å². The van der Waals surface area contributed by atoms with Crippen LogP contribution in [0.15, 0.2) is 24.3 Å². The second-order valence-corrected chi connectivity index (χ2v) is 7.70. The maximum absolute atomic E-state index is 13.2. The Morgan fingerprint density at radius 3 is 2.35 bits per heavy atom. The molecule has 0 saturated carbocycles. The van der Waals surface area contributed by atoms with Crippen LogP contribution in [0.1, 0.15) is 32.8 Å². The number of amides is 4. The molecule has 0 spiro atoms. The first kappa shape index (κ1) is 18.4. The summed E-state index contributed by atoms with van der Waals surface area (Å²) in [5, 5.41) is 2.64. The van der Waals surface area contributed by atoms with Crippen molar-refractivity contribution in [1.29, 1.82) is 0 Å². The number of carbonyl (C=O) groups excluding carboxylic acids is 3. The van der Waals surface area contributed by atoms with E-state index in [4.69, 9.17) is 0 Å². The molecule has 140 valence electrons. The quantitative estimate of drug-likeness (QED) is 0.838. The van der Waals surface area contributed by atoms with Crippen molar-refractivity contribution in [2.45, 2.75) is 32.7 Å². The summed E-state index contributed by atoms with van der Waals surface area (Å²) in [4.78, 5) is 40.5. The molecule has 1 N–H and O–H groups in total. The largest absolute Gasteiger partial charge is 0.341 e. The van der Waals surface area contributed by atoms with Crippen LogP contribution in [0.3, 0.4) is 0 Å². The lowest BCUT2D eigenvalue weighted by Gasteiger charge is -2.35. The molecule has 1 aromatic rings. The fourth-order valence-electron chi connectivity index (χ4n) is 3.92. The molecule has 7 heteroatoms. The van der Waals surface area contributed by atoms with Crippen molar-refractivity contribution in [3.63, 3.8) is 0 Å². The van der Waals surface area contributed by atoms with Crippen molar-refractivity contribution in [3.05, 3.63) is 35.6 Å². The lowest BCUT2D eigenvalue weighted by molar-refractivity contribution is -0.140. The summed E-state index contributed by atoms with van der Waals surface area (Å²) in [6.07, 6.45) is 1.07. The summed E-state index contributed by atoms with van der Waals surface area (Å²) >= 11 is 0. The van der Waals surface area contributed by atoms with Gasteiger partial charge < -0.3 is 10.2 Å². The molecule has 0 radical (unpaired) electrons. The van der Waals surface area contributed by atoms with E-state index in [1.165, 1.54) is 24.3 Å². The zero-order valence-electron chi connectivity index (χ0n) is 15.3. The molecule has 2 saturated heterocycles. The average molecular weight is 361 g/mol. The smallest absolute Gasteiger partial charge is 0.325 e. The standard InChI is InChI=1S/C19H24FN3O3/c1-12-8-13(2)10-22(9-12)16(24)11-23-17(25)19(3,21-18(23)26)14-4-6-15(20)7-5-14/h4-7,12-13H,8-11H2,1-3H3,(H,21,26). The van der Waals surface area contributed by atoms with Crippen molar-refractivity contribution >= 4 is 17.8 Å². The monoisotopic (exact) mass is 361 g/mol. The molecule has 2 fully saturated rings. The molecule has 2 aliphatic rings. The van der Waals surface area contributed by atoms with E-state index in [-0.39, 0.29) is 12.5 Å². The molecular weight excluding hydrogens is 337 g/mol. The first-order chi connectivity index (χ1) is 12.2. The minimum absolute atomic E-state index is 0.227. The molecule has 1 aromatic carbocycles. The van der Waals surface area contributed by atoms with E-state index >= 15 is 0 Å². The molecular formula is C19H24FN3O3. The van der Waals surface area contributed by atoms with Crippen LogP contribution < -0.4 is 5.32 Å². The Labute approximate surface area is 152 Å². The average Bonchev–Trinajstić information content (AvgIpc) is 2.78. The first-order valence-electron chi connectivity index (χ1n) is 8.88. The second-order valence-electron chi connectivity index (χ2n) is 7.70. The molecule has 26 heavy (non-hydrogen) atoms. The number of halogens is 1. The molecule has 3 unspecified atom stereocenters. The van der Waals surface area contributed by atoms with Crippen LogP contribution in [0.5, 0.6) is 0 Å². The third-order valence-electron chi connectivity index (χ3n) is 5.21. The van der Waals surface area contributed by atoms with Gasteiger partial charge in [0.25, 0.3) is 5.91 Å². The van der Waals surface area contributed by atoms with E-state index < -0.39 is 23.3 Å². The normalized spacial score (nSPS) is 29.1. The van der Waals surface area contributed by atoms with Gasteiger partial charge in [-0.1, -0.05) is 26.0 Å². The summed E-state index contributed by atoms with van der Waals surface area (Å²) in [5.74, 6) is -0.351. The van der Waals surface area contributed by atoms with Gasteiger partial charge in [-0.05, 0) is 42.9 Å². The fraction of sp³-hybridized carbons (Fsp3) is 0.526. The molecule has 0 aliphatic carbocycles. The van der Waals surface area contributed by atoms with E-state index in [0.717, 1.165) is 11.3 Å². The number of carbonyl (C=O) groups is 3. The highest BCUT2D eigenvalue weighted by Gasteiger charge is 2.49. The molecule has 2 aliphatic heterocycles. The molecule has 6 nitrogen and oxygen atoms in total. The van der Waals surface area contributed by atoms with Crippen molar-refractivity contribution in [2.75, 3.05) is 19.6 Å². The number of likely N-dealkylation sites (tertiary alicyclic amines) is 1. The van der Waals surface area contributed by atoms with Crippen LogP contribution in [0, 0.1) is 17.7 Å². The van der Waals surface area contributed by atoms with Gasteiger partial charge in [0.15, 0.2) is 0 Å². The van der Waals surface area contributed by atoms with E-state index in [1.54, 1.807) is 11.8 Å². The Kier molecular flexibility index (Phi) is 4.73. The first-order valence-corrected chi connectivity index (χ1v) is 8.88. The zero-order valence-corrected chi connectivity index (χ0v) is 15.3. The van der Waals surface area contributed by atoms with Crippen LogP contribution in [0.25, 0.3) is 0 Å². The van der Waals surface area contributed by atoms with Crippen LogP contribution >= 0.6 is 0 Å². The van der Waals surface area contributed by atoms with Crippen LogP contribution in [-0.4, -0.2) is 47.3 Å². The number of imide groups is 1. The number of urea groups is 1. The molecule has 2 heterocycles. The van der Waals surface area contributed by atoms with Crippen molar-refractivity contribution in [3.8, 4) is 0 Å². The third-order valence-corrected chi connectivity index (χ3v) is 5.21. The highest BCUT2D eigenvalue weighted by atomic mass is 19.1. The van der Waals surface area contributed by atoms with Gasteiger partial charge in [0.2, 0.25) is 5.91 Å². The number of hydrogen-bond acceptors (Lipinski definition) is 3. The Morgan fingerprint density at radius 2 is 1.77 bits per heavy atom. The van der Waals surface area contributed by atoms with Gasteiger partial charge in [-0.25, -0.2) is 9.18 Å². The summed E-state index contributed by atoms with van der Waals surface area (Å²) in [5.41, 5.74) is -0.819. The second kappa shape index (κ2) is 6.70. The number of rotatable bonds is 3. The van der Waals surface area contributed by atoms with E-state index in [1.807, 2.05) is 0 Å². The van der Waals surface area contributed by atoms with Gasteiger partial charge in [0.1, 0.15) is 17.9 Å². The molecule has 0 bridgehead atoms. The molecule has 0 aromatic heterocycles. The summed E-state index contributed by atoms with van der Waals surface area (Å²) in [6, 6.07) is 4.81. The van der Waals surface area contributed by atoms with E-state index in [9.17, 15) is 18.8 Å². The predicted octanol–water partition coefficient (Wildman–Crippen LogP) is 2.10.